The van der Waals surface area contributed by atoms with Gasteiger partial charge in [-0.2, -0.15) is 0 Å². The molecule has 0 saturated heterocycles. The van der Waals surface area contributed by atoms with E-state index < -0.39 is 5.60 Å². The molecule has 2 nitrogen and oxygen atoms in total. The predicted octanol–water partition coefficient (Wildman–Crippen LogP) is 3.63. The maximum Gasteiger partial charge on any atom is 0.126 e. The van der Waals surface area contributed by atoms with Gasteiger partial charge in [-0.3, -0.25) is 4.98 Å². The van der Waals surface area contributed by atoms with E-state index in [9.17, 15) is 9.50 Å². The maximum atomic E-state index is 13.9. The molecule has 0 radical (unpaired) electrons. The Morgan fingerprint density at radius 2 is 2.10 bits per heavy atom. The summed E-state index contributed by atoms with van der Waals surface area (Å²) in [4.78, 5) is 4.48. The van der Waals surface area contributed by atoms with Crippen LogP contribution in [0.3, 0.4) is 0 Å². The molecule has 1 aliphatic rings. The highest BCUT2D eigenvalue weighted by Gasteiger charge is 2.37. The Labute approximate surface area is 124 Å². The monoisotopic (exact) mass is 285 g/mol. The van der Waals surface area contributed by atoms with Crippen molar-refractivity contribution in [3.8, 4) is 0 Å². The summed E-state index contributed by atoms with van der Waals surface area (Å²) in [7, 11) is 0. The maximum absolute atomic E-state index is 13.9. The summed E-state index contributed by atoms with van der Waals surface area (Å²) in [5, 5.41) is 11.0. The lowest BCUT2D eigenvalue weighted by Gasteiger charge is -2.36. The first kappa shape index (κ1) is 14.2. The predicted molar refractivity (Wildman–Crippen MR) is 80.6 cm³/mol. The molecular weight excluding hydrogens is 265 g/mol. The van der Waals surface area contributed by atoms with Crippen LogP contribution < -0.4 is 0 Å². The van der Waals surface area contributed by atoms with Crippen molar-refractivity contribution >= 4 is 0 Å². The van der Waals surface area contributed by atoms with Gasteiger partial charge in [-0.1, -0.05) is 24.3 Å². The molecular formula is C18H20FNO. The van der Waals surface area contributed by atoms with Gasteiger partial charge in [0.05, 0.1) is 5.60 Å². The fourth-order valence-corrected chi connectivity index (χ4v) is 3.37. The second kappa shape index (κ2) is 5.57. The first-order chi connectivity index (χ1) is 10.1. The SMILES string of the molecule is CC(O)(Cc1ccccc1F)C1CCCc2cccnc21. The number of pyridine rings is 1. The lowest BCUT2D eigenvalue weighted by atomic mass is 9.74. The minimum absolute atomic E-state index is 0.0398. The standard InChI is InChI=1S/C18H20FNO/c1-18(21,12-14-6-2-3-10-16(14)19)15-9-4-7-13-8-5-11-20-17(13)15/h2-3,5-6,8,10-11,15,21H,4,7,9,12H2,1H3. The molecule has 1 aromatic carbocycles. The first-order valence-electron chi connectivity index (χ1n) is 7.47. The number of aromatic nitrogens is 1. The quantitative estimate of drug-likeness (QED) is 0.934. The summed E-state index contributed by atoms with van der Waals surface area (Å²) in [5.74, 6) is -0.295. The normalized spacial score (nSPS) is 20.6. The third-order valence-electron chi connectivity index (χ3n) is 4.45. The van der Waals surface area contributed by atoms with Crippen LogP contribution in [0.4, 0.5) is 4.39 Å². The van der Waals surface area contributed by atoms with Crippen molar-refractivity contribution in [1.29, 1.82) is 0 Å². The average molecular weight is 285 g/mol. The third kappa shape index (κ3) is 2.84. The van der Waals surface area contributed by atoms with E-state index in [1.54, 1.807) is 25.3 Å². The molecule has 0 saturated carbocycles. The highest BCUT2D eigenvalue weighted by atomic mass is 19.1. The van der Waals surface area contributed by atoms with Crippen LogP contribution in [0, 0.1) is 5.82 Å². The van der Waals surface area contributed by atoms with Crippen LogP contribution in [-0.2, 0) is 12.8 Å². The number of nitrogens with zero attached hydrogens (tertiary/aromatic N) is 1. The first-order valence-corrected chi connectivity index (χ1v) is 7.47. The molecule has 1 heterocycles. The van der Waals surface area contributed by atoms with Gasteiger partial charge in [-0.15, -0.1) is 0 Å². The lowest BCUT2D eigenvalue weighted by Crippen LogP contribution is -2.38. The molecule has 2 aromatic rings. The number of fused-ring (bicyclic) bond motifs is 1. The van der Waals surface area contributed by atoms with E-state index in [-0.39, 0.29) is 11.7 Å². The molecule has 0 fully saturated rings. The number of benzene rings is 1. The van der Waals surface area contributed by atoms with Crippen molar-refractivity contribution in [3.63, 3.8) is 0 Å². The Morgan fingerprint density at radius 3 is 2.90 bits per heavy atom. The van der Waals surface area contributed by atoms with Crippen LogP contribution in [-0.4, -0.2) is 15.7 Å². The lowest BCUT2D eigenvalue weighted by molar-refractivity contribution is 0.0226. The van der Waals surface area contributed by atoms with Gasteiger partial charge in [0.25, 0.3) is 0 Å². The van der Waals surface area contributed by atoms with Gasteiger partial charge in [0.1, 0.15) is 5.82 Å². The Bertz CT molecular complexity index is 639. The van der Waals surface area contributed by atoms with Crippen LogP contribution in [0.25, 0.3) is 0 Å². The van der Waals surface area contributed by atoms with E-state index in [0.29, 0.717) is 12.0 Å². The molecule has 1 aliphatic carbocycles. The topological polar surface area (TPSA) is 33.1 Å². The van der Waals surface area contributed by atoms with Gasteiger partial charge in [0.15, 0.2) is 0 Å². The highest BCUT2D eigenvalue weighted by Crippen LogP contribution is 2.39. The van der Waals surface area contributed by atoms with E-state index in [0.717, 1.165) is 25.0 Å². The van der Waals surface area contributed by atoms with Crippen molar-refractivity contribution in [3.05, 3.63) is 65.2 Å². The van der Waals surface area contributed by atoms with Gasteiger partial charge in [-0.05, 0) is 49.4 Å². The highest BCUT2D eigenvalue weighted by molar-refractivity contribution is 5.30. The molecule has 0 bridgehead atoms. The summed E-state index contributed by atoms with van der Waals surface area (Å²) < 4.78 is 13.9. The van der Waals surface area contributed by atoms with Crippen LogP contribution in [0.15, 0.2) is 42.6 Å². The number of halogens is 1. The third-order valence-corrected chi connectivity index (χ3v) is 4.45. The minimum Gasteiger partial charge on any atom is -0.389 e. The van der Waals surface area contributed by atoms with Crippen LogP contribution in [0.1, 0.15) is 42.5 Å². The largest absolute Gasteiger partial charge is 0.389 e. The molecule has 0 amide bonds. The van der Waals surface area contributed by atoms with E-state index in [1.807, 2.05) is 12.1 Å². The summed E-state index contributed by atoms with van der Waals surface area (Å²) in [5.41, 5.74) is 1.75. The smallest absolute Gasteiger partial charge is 0.126 e. The Kier molecular flexibility index (Phi) is 3.77. The molecule has 110 valence electrons. The second-order valence-electron chi connectivity index (χ2n) is 6.12. The zero-order chi connectivity index (χ0) is 14.9. The molecule has 0 aliphatic heterocycles. The van der Waals surface area contributed by atoms with Gasteiger partial charge in [0, 0.05) is 24.2 Å². The minimum atomic E-state index is -0.994. The van der Waals surface area contributed by atoms with Gasteiger partial charge in [-0.25, -0.2) is 4.39 Å². The molecule has 1 N–H and O–H groups in total. The zero-order valence-corrected chi connectivity index (χ0v) is 12.2. The number of hydrogen-bond donors (Lipinski definition) is 1. The number of aliphatic hydroxyl groups is 1. The van der Waals surface area contributed by atoms with E-state index in [2.05, 4.69) is 11.1 Å². The summed E-state index contributed by atoms with van der Waals surface area (Å²) >= 11 is 0. The van der Waals surface area contributed by atoms with Crippen molar-refractivity contribution in [1.82, 2.24) is 4.98 Å². The van der Waals surface area contributed by atoms with Crippen molar-refractivity contribution < 1.29 is 9.50 Å². The average Bonchev–Trinajstić information content (AvgIpc) is 2.49. The van der Waals surface area contributed by atoms with E-state index in [4.69, 9.17) is 0 Å². The Morgan fingerprint density at radius 1 is 1.29 bits per heavy atom. The molecule has 21 heavy (non-hydrogen) atoms. The fraction of sp³-hybridized carbons (Fsp3) is 0.389. The number of hydrogen-bond acceptors (Lipinski definition) is 2. The summed E-state index contributed by atoms with van der Waals surface area (Å²) in [6, 6.07) is 10.7. The van der Waals surface area contributed by atoms with Gasteiger partial charge >= 0.3 is 0 Å². The molecule has 3 rings (SSSR count). The zero-order valence-electron chi connectivity index (χ0n) is 12.2. The molecule has 1 aromatic heterocycles. The Balaban J connectivity index is 1.91. The van der Waals surface area contributed by atoms with Gasteiger partial charge < -0.3 is 5.11 Å². The molecule has 0 spiro atoms. The van der Waals surface area contributed by atoms with Crippen LogP contribution in [0.5, 0.6) is 0 Å². The van der Waals surface area contributed by atoms with Crippen LogP contribution >= 0.6 is 0 Å². The second-order valence-corrected chi connectivity index (χ2v) is 6.12. The van der Waals surface area contributed by atoms with E-state index in [1.165, 1.54) is 11.6 Å². The van der Waals surface area contributed by atoms with E-state index >= 15 is 0 Å². The molecule has 3 heteroatoms. The van der Waals surface area contributed by atoms with Crippen molar-refractivity contribution in [2.45, 2.75) is 44.1 Å². The number of rotatable bonds is 3. The van der Waals surface area contributed by atoms with Crippen LogP contribution in [0.2, 0.25) is 0 Å². The van der Waals surface area contributed by atoms with Gasteiger partial charge in [0.2, 0.25) is 0 Å². The van der Waals surface area contributed by atoms with Crippen molar-refractivity contribution in [2.75, 3.05) is 0 Å². The van der Waals surface area contributed by atoms with Crippen molar-refractivity contribution in [2.24, 2.45) is 0 Å². The summed E-state index contributed by atoms with van der Waals surface area (Å²) in [6.07, 6.45) is 5.02. The fourth-order valence-electron chi connectivity index (χ4n) is 3.37. The molecule has 2 unspecified atom stereocenters. The summed E-state index contributed by atoms with van der Waals surface area (Å²) in [6.45, 7) is 1.80. The molecule has 2 atom stereocenters. The number of aryl methyl sites for hydroxylation is 1. The Hall–Kier alpha value is -1.74.